The fourth-order valence-electron chi connectivity index (χ4n) is 4.36. The van der Waals surface area contributed by atoms with Gasteiger partial charge in [-0.15, -0.1) is 0 Å². The van der Waals surface area contributed by atoms with Gasteiger partial charge in [0.25, 0.3) is 0 Å². The van der Waals surface area contributed by atoms with Gasteiger partial charge in [-0.25, -0.2) is 0 Å². The lowest BCUT2D eigenvalue weighted by atomic mass is 9.76. The Bertz CT molecular complexity index is 665. The maximum atomic E-state index is 12.4. The summed E-state index contributed by atoms with van der Waals surface area (Å²) in [7, 11) is 0. The third kappa shape index (κ3) is 12.6. The van der Waals surface area contributed by atoms with Gasteiger partial charge in [0, 0.05) is 12.2 Å². The second-order valence-corrected chi connectivity index (χ2v) is 11.7. The molecule has 1 radical (unpaired) electrons. The summed E-state index contributed by atoms with van der Waals surface area (Å²) < 4.78 is 11.5. The molecule has 35 heavy (non-hydrogen) atoms. The van der Waals surface area contributed by atoms with Gasteiger partial charge >= 0.3 is 0 Å². The summed E-state index contributed by atoms with van der Waals surface area (Å²) >= 11 is 0. The SMILES string of the molecule is CCCCCCCCCCCCCCOC([O])COc1ccc(C(C)(C)CC)cc1C(C)(C)CC. The molecule has 3 nitrogen and oxygen atoms in total. The van der Waals surface area contributed by atoms with E-state index in [4.69, 9.17) is 9.47 Å². The maximum Gasteiger partial charge on any atom is 0.225 e. The minimum absolute atomic E-state index is 0.0105. The average Bonchev–Trinajstić information content (AvgIpc) is 2.85. The van der Waals surface area contributed by atoms with Crippen LogP contribution in [0.15, 0.2) is 18.2 Å². The van der Waals surface area contributed by atoms with Gasteiger partial charge in [-0.1, -0.05) is 131 Å². The highest BCUT2D eigenvalue weighted by molar-refractivity contribution is 5.44. The topological polar surface area (TPSA) is 38.4 Å². The zero-order chi connectivity index (χ0) is 26.2. The molecule has 3 heteroatoms. The molecule has 0 aliphatic carbocycles. The van der Waals surface area contributed by atoms with Crippen molar-refractivity contribution in [1.29, 1.82) is 0 Å². The standard InChI is InChI=1S/C32H57O3/c1-8-11-12-13-14-15-16-17-18-19-20-21-24-34-30(33)26-35-29-23-22-27(31(4,5)9-2)25-28(29)32(6,7)10-3/h22-23,25,30H,8-21,24,26H2,1-7H3. The van der Waals surface area contributed by atoms with Crippen LogP contribution in [0.3, 0.4) is 0 Å². The first-order valence-electron chi connectivity index (χ1n) is 14.7. The summed E-state index contributed by atoms with van der Waals surface area (Å²) in [6, 6.07) is 6.49. The lowest BCUT2D eigenvalue weighted by Crippen LogP contribution is -2.24. The summed E-state index contributed by atoms with van der Waals surface area (Å²) in [6.45, 7) is 16.3. The first-order chi connectivity index (χ1) is 16.7. The van der Waals surface area contributed by atoms with Gasteiger partial charge in [-0.2, -0.15) is 5.11 Å². The highest BCUT2D eigenvalue weighted by Gasteiger charge is 2.27. The van der Waals surface area contributed by atoms with Gasteiger partial charge in [-0.05, 0) is 41.7 Å². The predicted octanol–water partition coefficient (Wildman–Crippen LogP) is 9.91. The monoisotopic (exact) mass is 489 g/mol. The zero-order valence-electron chi connectivity index (χ0n) is 24.3. The van der Waals surface area contributed by atoms with Gasteiger partial charge in [0.05, 0.1) is 0 Å². The van der Waals surface area contributed by atoms with Crippen molar-refractivity contribution in [1.82, 2.24) is 0 Å². The van der Waals surface area contributed by atoms with Gasteiger partial charge in [0.15, 0.2) is 0 Å². The predicted molar refractivity (Wildman–Crippen MR) is 150 cm³/mol. The fourth-order valence-corrected chi connectivity index (χ4v) is 4.36. The number of ether oxygens (including phenoxy) is 2. The molecular weight excluding hydrogens is 432 g/mol. The van der Waals surface area contributed by atoms with Crippen LogP contribution in [0.2, 0.25) is 0 Å². The minimum Gasteiger partial charge on any atom is -0.488 e. The van der Waals surface area contributed by atoms with Crippen LogP contribution in [0, 0.1) is 0 Å². The first kappa shape index (κ1) is 32.0. The van der Waals surface area contributed by atoms with E-state index in [1.165, 1.54) is 75.3 Å². The summed E-state index contributed by atoms with van der Waals surface area (Å²) in [6.07, 6.45) is 16.7. The Balaban J connectivity index is 2.31. The van der Waals surface area contributed by atoms with Gasteiger partial charge in [-0.3, -0.25) is 0 Å². The minimum atomic E-state index is -1.13. The van der Waals surface area contributed by atoms with Crippen molar-refractivity contribution in [3.05, 3.63) is 29.3 Å². The van der Waals surface area contributed by atoms with E-state index < -0.39 is 6.29 Å². The molecule has 0 fully saturated rings. The van der Waals surface area contributed by atoms with E-state index in [1.54, 1.807) is 0 Å². The average molecular weight is 490 g/mol. The molecule has 0 bridgehead atoms. The molecule has 0 aliphatic rings. The van der Waals surface area contributed by atoms with Gasteiger partial charge in [0.2, 0.25) is 6.29 Å². The lowest BCUT2D eigenvalue weighted by molar-refractivity contribution is -0.157. The van der Waals surface area contributed by atoms with E-state index in [0.717, 1.165) is 31.4 Å². The van der Waals surface area contributed by atoms with Crippen LogP contribution in [-0.2, 0) is 20.7 Å². The lowest BCUT2D eigenvalue weighted by Gasteiger charge is -2.30. The highest BCUT2D eigenvalue weighted by Crippen LogP contribution is 2.38. The Labute approximate surface area is 218 Å². The first-order valence-corrected chi connectivity index (χ1v) is 14.7. The van der Waals surface area contributed by atoms with Crippen LogP contribution in [0.1, 0.15) is 149 Å². The van der Waals surface area contributed by atoms with Crippen LogP contribution in [0.4, 0.5) is 0 Å². The molecule has 0 amide bonds. The van der Waals surface area contributed by atoms with Crippen LogP contribution >= 0.6 is 0 Å². The van der Waals surface area contributed by atoms with Gasteiger partial charge in [0.1, 0.15) is 12.4 Å². The Morgan fingerprint density at radius 3 is 1.74 bits per heavy atom. The largest absolute Gasteiger partial charge is 0.488 e. The molecule has 0 N–H and O–H groups in total. The van der Waals surface area contributed by atoms with Crippen molar-refractivity contribution in [3.8, 4) is 5.75 Å². The molecule has 1 unspecified atom stereocenters. The summed E-state index contributed by atoms with van der Waals surface area (Å²) in [5, 5.41) is 12.4. The second kappa shape index (κ2) is 17.4. The number of hydrogen-bond acceptors (Lipinski definition) is 2. The van der Waals surface area contributed by atoms with E-state index in [-0.39, 0.29) is 17.4 Å². The molecule has 203 valence electrons. The zero-order valence-corrected chi connectivity index (χ0v) is 24.3. The number of unbranched alkanes of at least 4 members (excludes halogenated alkanes) is 11. The number of rotatable bonds is 21. The molecule has 0 spiro atoms. The van der Waals surface area contributed by atoms with E-state index in [2.05, 4.69) is 66.7 Å². The molecule has 1 aromatic carbocycles. The summed E-state index contributed by atoms with van der Waals surface area (Å²) in [5.41, 5.74) is 2.62. The Morgan fingerprint density at radius 2 is 1.23 bits per heavy atom. The Morgan fingerprint density at radius 1 is 0.714 bits per heavy atom. The smallest absolute Gasteiger partial charge is 0.225 e. The van der Waals surface area contributed by atoms with Crippen molar-refractivity contribution in [3.63, 3.8) is 0 Å². The fraction of sp³-hybridized carbons (Fsp3) is 0.812. The molecule has 0 aliphatic heterocycles. The number of benzene rings is 1. The van der Waals surface area contributed by atoms with Crippen molar-refractivity contribution >= 4 is 0 Å². The second-order valence-electron chi connectivity index (χ2n) is 11.7. The normalized spacial score (nSPS) is 13.3. The van der Waals surface area contributed by atoms with Crippen molar-refractivity contribution < 1.29 is 14.6 Å². The van der Waals surface area contributed by atoms with E-state index in [1.807, 2.05) is 0 Å². The van der Waals surface area contributed by atoms with E-state index in [0.29, 0.717) is 6.61 Å². The molecule has 0 heterocycles. The van der Waals surface area contributed by atoms with Crippen LogP contribution < -0.4 is 4.74 Å². The van der Waals surface area contributed by atoms with E-state index >= 15 is 0 Å². The molecular formula is C32H57O3. The highest BCUT2D eigenvalue weighted by atomic mass is 16.6. The van der Waals surface area contributed by atoms with Crippen molar-refractivity contribution in [2.24, 2.45) is 0 Å². The van der Waals surface area contributed by atoms with E-state index in [9.17, 15) is 5.11 Å². The summed E-state index contributed by atoms with van der Waals surface area (Å²) in [4.78, 5) is 0. The number of hydrogen-bond donors (Lipinski definition) is 0. The van der Waals surface area contributed by atoms with Crippen LogP contribution in [0.5, 0.6) is 5.75 Å². The third-order valence-corrected chi connectivity index (χ3v) is 7.93. The van der Waals surface area contributed by atoms with Crippen molar-refractivity contribution in [2.75, 3.05) is 13.2 Å². The quantitative estimate of drug-likeness (QED) is 0.127. The third-order valence-electron chi connectivity index (χ3n) is 7.93. The molecule has 1 rings (SSSR count). The van der Waals surface area contributed by atoms with Gasteiger partial charge < -0.3 is 9.47 Å². The Kier molecular flexibility index (Phi) is 15.9. The molecule has 1 aromatic rings. The Hall–Kier alpha value is -1.06. The molecule has 0 aromatic heterocycles. The maximum absolute atomic E-state index is 12.4. The molecule has 1 atom stereocenters. The van der Waals surface area contributed by atoms with Crippen LogP contribution in [-0.4, -0.2) is 19.5 Å². The van der Waals surface area contributed by atoms with Crippen molar-refractivity contribution in [2.45, 2.75) is 155 Å². The molecule has 0 saturated heterocycles. The summed E-state index contributed by atoms with van der Waals surface area (Å²) in [5.74, 6) is 0.822. The molecule has 0 saturated carbocycles. The van der Waals surface area contributed by atoms with Crippen LogP contribution in [0.25, 0.3) is 0 Å².